The van der Waals surface area contributed by atoms with Crippen LogP contribution in [0.2, 0.25) is 0 Å². The average molecular weight is 213 g/mol. The fraction of sp³-hybridized carbons (Fsp3) is 0.143. The van der Waals surface area contributed by atoms with Crippen molar-refractivity contribution in [3.63, 3.8) is 0 Å². The van der Waals surface area contributed by atoms with E-state index < -0.39 is 0 Å². The van der Waals surface area contributed by atoms with Crippen molar-refractivity contribution in [1.82, 2.24) is 4.90 Å². The molecule has 2 rings (SSSR count). The van der Waals surface area contributed by atoms with Gasteiger partial charge >= 0.3 is 0 Å². The van der Waals surface area contributed by atoms with E-state index in [1.807, 2.05) is 36.6 Å². The standard InChI is InChI=1S/C14H15NO/c1-12-5-3-4-10-15(12)11-13-6-8-14(16-2)9-7-13/h3-10H,1,11H2,2H3. The zero-order valence-corrected chi connectivity index (χ0v) is 9.39. The van der Waals surface area contributed by atoms with Crippen molar-refractivity contribution in [3.8, 4) is 5.75 Å². The molecule has 0 N–H and O–H groups in total. The van der Waals surface area contributed by atoms with Gasteiger partial charge in [0.25, 0.3) is 0 Å². The smallest absolute Gasteiger partial charge is 0.118 e. The molecule has 16 heavy (non-hydrogen) atoms. The van der Waals surface area contributed by atoms with Crippen LogP contribution in [0.4, 0.5) is 0 Å². The number of methoxy groups -OCH3 is 1. The lowest BCUT2D eigenvalue weighted by molar-refractivity contribution is 0.414. The second kappa shape index (κ2) is 4.71. The van der Waals surface area contributed by atoms with E-state index in [4.69, 9.17) is 4.74 Å². The Hall–Kier alpha value is -1.96. The van der Waals surface area contributed by atoms with Gasteiger partial charge in [0, 0.05) is 18.4 Å². The third-order valence-electron chi connectivity index (χ3n) is 2.55. The number of rotatable bonds is 3. The molecule has 0 amide bonds. The number of hydrogen-bond donors (Lipinski definition) is 0. The van der Waals surface area contributed by atoms with Crippen LogP contribution in [-0.2, 0) is 6.54 Å². The second-order valence-electron chi connectivity index (χ2n) is 3.67. The molecule has 0 saturated heterocycles. The molecule has 0 bridgehead atoms. The van der Waals surface area contributed by atoms with Gasteiger partial charge in [0.1, 0.15) is 5.75 Å². The van der Waals surface area contributed by atoms with Crippen molar-refractivity contribution in [2.75, 3.05) is 7.11 Å². The molecule has 1 aliphatic rings. The maximum atomic E-state index is 5.12. The average Bonchev–Trinajstić information content (AvgIpc) is 2.33. The van der Waals surface area contributed by atoms with Crippen LogP contribution in [0.1, 0.15) is 5.56 Å². The van der Waals surface area contributed by atoms with Crippen LogP contribution in [0.25, 0.3) is 0 Å². The normalized spacial score (nSPS) is 14.3. The van der Waals surface area contributed by atoms with Crippen LogP contribution >= 0.6 is 0 Å². The van der Waals surface area contributed by atoms with Crippen LogP contribution in [-0.4, -0.2) is 12.0 Å². The Kier molecular flexibility index (Phi) is 3.10. The summed E-state index contributed by atoms with van der Waals surface area (Å²) in [6.07, 6.45) is 8.04. The summed E-state index contributed by atoms with van der Waals surface area (Å²) in [5, 5.41) is 0. The summed E-state index contributed by atoms with van der Waals surface area (Å²) in [4.78, 5) is 2.11. The molecule has 0 aliphatic carbocycles. The molecule has 0 saturated carbocycles. The Bertz CT molecular complexity index is 429. The number of nitrogens with zero attached hydrogens (tertiary/aromatic N) is 1. The predicted octanol–water partition coefficient (Wildman–Crippen LogP) is 3.09. The van der Waals surface area contributed by atoms with E-state index in [9.17, 15) is 0 Å². The van der Waals surface area contributed by atoms with Gasteiger partial charge in [0.15, 0.2) is 0 Å². The molecule has 0 radical (unpaired) electrons. The summed E-state index contributed by atoms with van der Waals surface area (Å²) in [6, 6.07) is 8.08. The van der Waals surface area contributed by atoms with E-state index in [1.54, 1.807) is 7.11 Å². The zero-order chi connectivity index (χ0) is 11.4. The minimum absolute atomic E-state index is 0.837. The molecule has 82 valence electrons. The molecular weight excluding hydrogens is 198 g/mol. The van der Waals surface area contributed by atoms with Gasteiger partial charge in [0.2, 0.25) is 0 Å². The molecule has 0 unspecified atom stereocenters. The van der Waals surface area contributed by atoms with Crippen molar-refractivity contribution >= 4 is 0 Å². The first kappa shape index (κ1) is 10.6. The maximum absolute atomic E-state index is 5.12. The third kappa shape index (κ3) is 2.34. The molecule has 1 aromatic rings. The van der Waals surface area contributed by atoms with Crippen molar-refractivity contribution in [3.05, 3.63) is 66.5 Å². The first-order valence-corrected chi connectivity index (χ1v) is 5.23. The minimum Gasteiger partial charge on any atom is -0.497 e. The van der Waals surface area contributed by atoms with Crippen LogP contribution in [0.15, 0.2) is 61.0 Å². The topological polar surface area (TPSA) is 12.5 Å². The van der Waals surface area contributed by atoms with Gasteiger partial charge in [-0.25, -0.2) is 0 Å². The molecule has 2 heteroatoms. The van der Waals surface area contributed by atoms with Crippen molar-refractivity contribution in [1.29, 1.82) is 0 Å². The summed E-state index contributed by atoms with van der Waals surface area (Å²) in [5.41, 5.74) is 2.25. The lowest BCUT2D eigenvalue weighted by Crippen LogP contribution is -2.15. The van der Waals surface area contributed by atoms with Crippen molar-refractivity contribution < 1.29 is 4.74 Å². The summed E-state index contributed by atoms with van der Waals surface area (Å²) in [5.74, 6) is 0.886. The Morgan fingerprint density at radius 1 is 1.19 bits per heavy atom. The Labute approximate surface area is 96.1 Å². The number of ether oxygens (including phenoxy) is 1. The fourth-order valence-corrected chi connectivity index (χ4v) is 1.59. The molecule has 0 spiro atoms. The maximum Gasteiger partial charge on any atom is 0.118 e. The Morgan fingerprint density at radius 3 is 2.56 bits per heavy atom. The Morgan fingerprint density at radius 2 is 1.94 bits per heavy atom. The second-order valence-corrected chi connectivity index (χ2v) is 3.67. The van der Waals surface area contributed by atoms with Gasteiger partial charge in [-0.15, -0.1) is 0 Å². The van der Waals surface area contributed by atoms with Crippen LogP contribution in [0.3, 0.4) is 0 Å². The van der Waals surface area contributed by atoms with Gasteiger partial charge in [-0.3, -0.25) is 0 Å². The SMILES string of the molecule is C=C1C=CC=CN1Cc1ccc(OC)cc1. The van der Waals surface area contributed by atoms with E-state index >= 15 is 0 Å². The zero-order valence-electron chi connectivity index (χ0n) is 9.39. The largest absolute Gasteiger partial charge is 0.497 e. The van der Waals surface area contributed by atoms with Crippen molar-refractivity contribution in [2.45, 2.75) is 6.54 Å². The molecule has 1 aliphatic heterocycles. The molecule has 2 nitrogen and oxygen atoms in total. The monoisotopic (exact) mass is 213 g/mol. The van der Waals surface area contributed by atoms with Gasteiger partial charge in [-0.2, -0.15) is 0 Å². The van der Waals surface area contributed by atoms with Gasteiger partial charge in [-0.1, -0.05) is 24.8 Å². The first-order chi connectivity index (χ1) is 7.79. The third-order valence-corrected chi connectivity index (χ3v) is 2.55. The molecule has 0 fully saturated rings. The molecule has 1 heterocycles. The lowest BCUT2D eigenvalue weighted by atomic mass is 10.2. The van der Waals surface area contributed by atoms with E-state index in [1.165, 1.54) is 5.56 Å². The number of allylic oxidation sites excluding steroid dienone is 3. The van der Waals surface area contributed by atoms with Crippen LogP contribution in [0, 0.1) is 0 Å². The van der Waals surface area contributed by atoms with E-state index in [2.05, 4.69) is 23.6 Å². The summed E-state index contributed by atoms with van der Waals surface area (Å²) in [6.45, 7) is 4.83. The molecule has 1 aromatic carbocycles. The number of benzene rings is 1. The molecular formula is C14H15NO. The predicted molar refractivity (Wildman–Crippen MR) is 66.0 cm³/mol. The lowest BCUT2D eigenvalue weighted by Gasteiger charge is -2.22. The van der Waals surface area contributed by atoms with Crippen molar-refractivity contribution in [2.24, 2.45) is 0 Å². The van der Waals surface area contributed by atoms with Gasteiger partial charge in [0.05, 0.1) is 7.11 Å². The summed E-state index contributed by atoms with van der Waals surface area (Å²) < 4.78 is 5.12. The minimum atomic E-state index is 0.837. The van der Waals surface area contributed by atoms with Gasteiger partial charge in [-0.05, 0) is 29.8 Å². The molecule has 0 aromatic heterocycles. The van der Waals surface area contributed by atoms with Gasteiger partial charge < -0.3 is 9.64 Å². The van der Waals surface area contributed by atoms with E-state index in [-0.39, 0.29) is 0 Å². The Balaban J connectivity index is 2.06. The summed E-state index contributed by atoms with van der Waals surface area (Å²) in [7, 11) is 1.68. The highest BCUT2D eigenvalue weighted by molar-refractivity contribution is 5.30. The van der Waals surface area contributed by atoms with Crippen LogP contribution < -0.4 is 4.74 Å². The quantitative estimate of drug-likeness (QED) is 0.765. The highest BCUT2D eigenvalue weighted by atomic mass is 16.5. The van der Waals surface area contributed by atoms with E-state index in [0.717, 1.165) is 18.0 Å². The molecule has 0 atom stereocenters. The highest BCUT2D eigenvalue weighted by Crippen LogP contribution is 2.17. The van der Waals surface area contributed by atoms with Crippen LogP contribution in [0.5, 0.6) is 5.75 Å². The highest BCUT2D eigenvalue weighted by Gasteiger charge is 2.05. The number of hydrogen-bond acceptors (Lipinski definition) is 2. The first-order valence-electron chi connectivity index (χ1n) is 5.23. The van der Waals surface area contributed by atoms with E-state index in [0.29, 0.717) is 0 Å². The fourth-order valence-electron chi connectivity index (χ4n) is 1.59. The summed E-state index contributed by atoms with van der Waals surface area (Å²) >= 11 is 0.